The molecule has 0 aliphatic carbocycles. The molecule has 8 heteroatoms. The van der Waals surface area contributed by atoms with Gasteiger partial charge in [0.15, 0.2) is 6.04 Å². The molecule has 1 N–H and O–H groups in total. The highest BCUT2D eigenvalue weighted by Gasteiger charge is 2.41. The van der Waals surface area contributed by atoms with Crippen LogP contribution in [0.25, 0.3) is 0 Å². The summed E-state index contributed by atoms with van der Waals surface area (Å²) in [5.74, 6) is -1.94. The number of fused-ring (bicyclic) bond motifs is 1. The van der Waals surface area contributed by atoms with Crippen molar-refractivity contribution in [3.63, 3.8) is 0 Å². The number of carboxylic acids is 1. The van der Waals surface area contributed by atoms with E-state index < -0.39 is 24.5 Å². The maximum absolute atomic E-state index is 11.9. The van der Waals surface area contributed by atoms with Gasteiger partial charge in [-0.05, 0) is 6.07 Å². The van der Waals surface area contributed by atoms with E-state index in [-0.39, 0.29) is 21.3 Å². The van der Waals surface area contributed by atoms with Gasteiger partial charge >= 0.3 is 5.97 Å². The first kappa shape index (κ1) is 12.8. The van der Waals surface area contributed by atoms with Crippen LogP contribution in [0.1, 0.15) is 11.6 Å². The number of hydrogen-bond donors (Lipinski definition) is 1. The molecule has 0 fully saturated rings. The normalized spacial score (nSPS) is 17.8. The minimum Gasteiger partial charge on any atom is -0.480 e. The zero-order chi connectivity index (χ0) is 13.4. The zero-order valence-corrected chi connectivity index (χ0v) is 10.3. The quantitative estimate of drug-likeness (QED) is 0.864. The number of benzene rings is 1. The Kier molecular flexibility index (Phi) is 3.23. The monoisotopic (exact) mass is 288 g/mol. The average Bonchev–Trinajstić information content (AvgIpc) is 2.57. The Labute approximate surface area is 111 Å². The van der Waals surface area contributed by atoms with Gasteiger partial charge in [0.2, 0.25) is 0 Å². The molecule has 94 valence electrons. The number of aliphatic carboxylic acids is 1. The van der Waals surface area contributed by atoms with Crippen molar-refractivity contribution in [3.05, 3.63) is 32.6 Å². The highest BCUT2D eigenvalue weighted by molar-refractivity contribution is 6.44. The van der Waals surface area contributed by atoms with Crippen LogP contribution in [0.2, 0.25) is 10.0 Å². The average molecular weight is 289 g/mol. The maximum atomic E-state index is 11.9. The molecule has 1 heterocycles. The highest BCUT2D eigenvalue weighted by Crippen LogP contribution is 2.45. The second-order valence-corrected chi connectivity index (χ2v) is 4.41. The van der Waals surface area contributed by atoms with Crippen LogP contribution in [0.3, 0.4) is 0 Å². The smallest absolute Gasteiger partial charge is 0.323 e. The molecule has 1 unspecified atom stereocenters. The highest BCUT2D eigenvalue weighted by atomic mass is 35.5. The molecule has 0 spiro atoms. The summed E-state index contributed by atoms with van der Waals surface area (Å²) >= 11 is 11.7. The van der Waals surface area contributed by atoms with E-state index in [1.54, 1.807) is 0 Å². The van der Waals surface area contributed by atoms with Gasteiger partial charge in [-0.25, -0.2) is 0 Å². The summed E-state index contributed by atoms with van der Waals surface area (Å²) in [6.07, 6.45) is 0. The SMILES string of the molecule is O=NC1C(=O)N(CC(=O)O)c2c1ccc(Cl)c2Cl. The molecule has 1 atom stereocenters. The summed E-state index contributed by atoms with van der Waals surface area (Å²) in [6, 6.07) is 1.60. The van der Waals surface area contributed by atoms with Crippen molar-refractivity contribution in [1.29, 1.82) is 0 Å². The van der Waals surface area contributed by atoms with Crippen molar-refractivity contribution in [3.8, 4) is 0 Å². The molecule has 1 aliphatic heterocycles. The number of amides is 1. The fourth-order valence-corrected chi connectivity index (χ4v) is 2.26. The molecular weight excluding hydrogens is 283 g/mol. The molecule has 1 aliphatic rings. The predicted octanol–water partition coefficient (Wildman–Crippen LogP) is 2.23. The lowest BCUT2D eigenvalue weighted by Crippen LogP contribution is -2.33. The Morgan fingerprint density at radius 1 is 1.44 bits per heavy atom. The lowest BCUT2D eigenvalue weighted by molar-refractivity contribution is -0.136. The van der Waals surface area contributed by atoms with Crippen molar-refractivity contribution in [2.45, 2.75) is 6.04 Å². The van der Waals surface area contributed by atoms with Gasteiger partial charge in [0.05, 0.1) is 15.7 Å². The first-order chi connectivity index (χ1) is 8.47. The van der Waals surface area contributed by atoms with Gasteiger partial charge in [-0.3, -0.25) is 14.5 Å². The van der Waals surface area contributed by atoms with Crippen LogP contribution in [-0.2, 0) is 9.59 Å². The van der Waals surface area contributed by atoms with Crippen LogP contribution in [0, 0.1) is 4.91 Å². The van der Waals surface area contributed by atoms with Crippen LogP contribution in [0.5, 0.6) is 0 Å². The van der Waals surface area contributed by atoms with Crippen molar-refractivity contribution < 1.29 is 14.7 Å². The van der Waals surface area contributed by atoms with E-state index in [4.69, 9.17) is 28.3 Å². The number of hydrogen-bond acceptors (Lipinski definition) is 4. The number of anilines is 1. The standard InChI is InChI=1S/C10H6Cl2N2O4/c11-5-2-1-4-8(13-18)10(17)14(3-6(15)16)9(4)7(5)12/h1-2,8H,3H2,(H,15,16). The molecule has 1 aromatic rings. The van der Waals surface area contributed by atoms with Gasteiger partial charge in [-0.15, -0.1) is 4.91 Å². The summed E-state index contributed by atoms with van der Waals surface area (Å²) in [7, 11) is 0. The van der Waals surface area contributed by atoms with E-state index in [2.05, 4.69) is 5.18 Å². The van der Waals surface area contributed by atoms with E-state index in [0.717, 1.165) is 4.90 Å². The molecule has 1 aromatic carbocycles. The van der Waals surface area contributed by atoms with Gasteiger partial charge in [0.1, 0.15) is 6.54 Å². The molecule has 2 rings (SSSR count). The summed E-state index contributed by atoms with van der Waals surface area (Å²) in [4.78, 5) is 34.2. The molecule has 1 amide bonds. The number of carboxylic acid groups (broad SMARTS) is 1. The Morgan fingerprint density at radius 2 is 2.11 bits per heavy atom. The third-order valence-corrected chi connectivity index (χ3v) is 3.36. The number of carbonyl (C=O) groups is 2. The maximum Gasteiger partial charge on any atom is 0.323 e. The number of nitrogens with zero attached hydrogens (tertiary/aromatic N) is 2. The Balaban J connectivity index is 2.61. The number of halogens is 2. The van der Waals surface area contributed by atoms with Gasteiger partial charge < -0.3 is 5.11 Å². The Bertz CT molecular complexity index is 561. The zero-order valence-electron chi connectivity index (χ0n) is 8.76. The lowest BCUT2D eigenvalue weighted by Gasteiger charge is -2.16. The molecule has 6 nitrogen and oxygen atoms in total. The van der Waals surface area contributed by atoms with E-state index in [1.165, 1.54) is 12.1 Å². The van der Waals surface area contributed by atoms with Crippen LogP contribution >= 0.6 is 23.2 Å². The van der Waals surface area contributed by atoms with Crippen molar-refractivity contribution in [2.75, 3.05) is 11.4 Å². The predicted molar refractivity (Wildman–Crippen MR) is 65.0 cm³/mol. The third kappa shape index (κ3) is 1.83. The fourth-order valence-electron chi connectivity index (χ4n) is 1.83. The van der Waals surface area contributed by atoms with Gasteiger partial charge in [-0.1, -0.05) is 34.4 Å². The van der Waals surface area contributed by atoms with Crippen molar-refractivity contribution in [2.24, 2.45) is 5.18 Å². The van der Waals surface area contributed by atoms with Crippen LogP contribution in [0.4, 0.5) is 5.69 Å². The summed E-state index contributed by atoms with van der Waals surface area (Å²) in [6.45, 7) is -0.599. The van der Waals surface area contributed by atoms with Crippen LogP contribution in [0.15, 0.2) is 17.3 Å². The van der Waals surface area contributed by atoms with E-state index in [9.17, 15) is 14.5 Å². The van der Waals surface area contributed by atoms with E-state index in [0.29, 0.717) is 0 Å². The summed E-state index contributed by atoms with van der Waals surface area (Å²) < 4.78 is 0. The van der Waals surface area contributed by atoms with Crippen LogP contribution in [-0.4, -0.2) is 23.5 Å². The van der Waals surface area contributed by atoms with Crippen molar-refractivity contribution in [1.82, 2.24) is 0 Å². The van der Waals surface area contributed by atoms with E-state index >= 15 is 0 Å². The number of nitroso groups, excluding NO2 is 1. The summed E-state index contributed by atoms with van der Waals surface area (Å²) in [5.41, 5.74) is 0.409. The molecule has 0 saturated carbocycles. The number of carbonyl (C=O) groups excluding carboxylic acids is 1. The van der Waals surface area contributed by atoms with Crippen molar-refractivity contribution >= 4 is 40.8 Å². The van der Waals surface area contributed by atoms with E-state index in [1.807, 2.05) is 0 Å². The molecule has 18 heavy (non-hydrogen) atoms. The lowest BCUT2D eigenvalue weighted by atomic mass is 10.1. The minimum atomic E-state index is -1.27. The molecular formula is C10H6Cl2N2O4. The molecule has 0 radical (unpaired) electrons. The second-order valence-electron chi connectivity index (χ2n) is 3.63. The van der Waals surface area contributed by atoms with Gasteiger partial charge in [-0.2, -0.15) is 0 Å². The Hall–Kier alpha value is -1.66. The largest absolute Gasteiger partial charge is 0.480 e. The Morgan fingerprint density at radius 3 is 2.67 bits per heavy atom. The van der Waals surface area contributed by atoms with Gasteiger partial charge in [0.25, 0.3) is 5.91 Å². The second kappa shape index (κ2) is 4.55. The van der Waals surface area contributed by atoms with Gasteiger partial charge in [0, 0.05) is 5.56 Å². The minimum absolute atomic E-state index is 0.0370. The first-order valence-electron chi connectivity index (χ1n) is 4.81. The third-order valence-electron chi connectivity index (χ3n) is 2.56. The topological polar surface area (TPSA) is 87.0 Å². The molecule has 0 aromatic heterocycles. The first-order valence-corrected chi connectivity index (χ1v) is 5.56. The fraction of sp³-hybridized carbons (Fsp3) is 0.200. The molecule has 0 bridgehead atoms. The number of rotatable bonds is 3. The van der Waals surface area contributed by atoms with Crippen LogP contribution < -0.4 is 4.90 Å². The molecule has 0 saturated heterocycles. The summed E-state index contributed by atoms with van der Waals surface area (Å²) in [5, 5.41) is 11.7.